The summed E-state index contributed by atoms with van der Waals surface area (Å²) in [6, 6.07) is 8.61. The van der Waals surface area contributed by atoms with Crippen LogP contribution in [0, 0.1) is 5.92 Å². The van der Waals surface area contributed by atoms with Gasteiger partial charge in [0.25, 0.3) is 0 Å². The van der Waals surface area contributed by atoms with E-state index in [-0.39, 0.29) is 24.3 Å². The molecule has 0 saturated carbocycles. The Morgan fingerprint density at radius 2 is 1.78 bits per heavy atom. The molecule has 0 aromatic heterocycles. The van der Waals surface area contributed by atoms with Gasteiger partial charge in [-0.1, -0.05) is 37.3 Å². The number of nitrogens with zero attached hydrogens (tertiary/aromatic N) is 1. The van der Waals surface area contributed by atoms with Gasteiger partial charge >= 0.3 is 0 Å². The monoisotopic (exact) mass is 247 g/mol. The molecule has 1 fully saturated rings. The molecule has 1 aromatic carbocycles. The largest absolute Gasteiger partial charge is 0.394 e. The molecule has 0 spiro atoms. The minimum atomic E-state index is -0.557. The topological polar surface area (TPSA) is 57.6 Å². The highest BCUT2D eigenvalue weighted by atomic mass is 16.3. The van der Waals surface area contributed by atoms with Crippen molar-refractivity contribution in [3.8, 4) is 0 Å². The summed E-state index contributed by atoms with van der Waals surface area (Å²) in [6.45, 7) is 1.65. The first kappa shape index (κ1) is 12.8. The van der Waals surface area contributed by atoms with Crippen molar-refractivity contribution in [1.82, 2.24) is 4.90 Å². The number of amides is 2. The third-order valence-electron chi connectivity index (χ3n) is 3.25. The van der Waals surface area contributed by atoms with Gasteiger partial charge in [-0.25, -0.2) is 0 Å². The van der Waals surface area contributed by atoms with Crippen molar-refractivity contribution in [3.05, 3.63) is 35.9 Å². The fourth-order valence-electron chi connectivity index (χ4n) is 2.36. The van der Waals surface area contributed by atoms with E-state index in [1.54, 1.807) is 0 Å². The zero-order valence-corrected chi connectivity index (χ0v) is 10.4. The number of aliphatic hydroxyl groups excluding tert-OH is 1. The Kier molecular flexibility index (Phi) is 3.77. The lowest BCUT2D eigenvalue weighted by atomic mass is 9.94. The van der Waals surface area contributed by atoms with Crippen LogP contribution in [0.3, 0.4) is 0 Å². The van der Waals surface area contributed by atoms with E-state index < -0.39 is 6.04 Å². The first-order chi connectivity index (χ1) is 8.63. The maximum atomic E-state index is 12.0. The van der Waals surface area contributed by atoms with E-state index in [4.69, 9.17) is 0 Å². The maximum absolute atomic E-state index is 12.0. The quantitative estimate of drug-likeness (QED) is 0.824. The maximum Gasteiger partial charge on any atom is 0.230 e. The highest BCUT2D eigenvalue weighted by Crippen LogP contribution is 2.28. The summed E-state index contributed by atoms with van der Waals surface area (Å²) in [5.41, 5.74) is 0.788. The van der Waals surface area contributed by atoms with Crippen molar-refractivity contribution in [2.75, 3.05) is 6.61 Å². The summed E-state index contributed by atoms with van der Waals surface area (Å²) in [5.74, 6) is -0.292. The highest BCUT2D eigenvalue weighted by Gasteiger charge is 2.35. The summed E-state index contributed by atoms with van der Waals surface area (Å²) in [7, 11) is 0. The van der Waals surface area contributed by atoms with E-state index in [1.807, 2.05) is 37.3 Å². The van der Waals surface area contributed by atoms with E-state index >= 15 is 0 Å². The lowest BCUT2D eigenvalue weighted by molar-refractivity contribution is -0.154. The van der Waals surface area contributed by atoms with Gasteiger partial charge < -0.3 is 5.11 Å². The first-order valence-corrected chi connectivity index (χ1v) is 6.14. The first-order valence-electron chi connectivity index (χ1n) is 6.14. The molecule has 1 aliphatic rings. The second-order valence-electron chi connectivity index (χ2n) is 4.78. The Morgan fingerprint density at radius 3 is 2.28 bits per heavy atom. The van der Waals surface area contributed by atoms with Gasteiger partial charge in [0.15, 0.2) is 0 Å². The van der Waals surface area contributed by atoms with Crippen LogP contribution in [0.2, 0.25) is 0 Å². The average Bonchev–Trinajstić information content (AvgIpc) is 2.34. The van der Waals surface area contributed by atoms with Crippen molar-refractivity contribution in [3.63, 3.8) is 0 Å². The smallest absolute Gasteiger partial charge is 0.230 e. The standard InChI is InChI=1S/C14H17NO3/c1-10-7-13(17)15(14(18)8-10)12(9-16)11-5-3-2-4-6-11/h2-6,10,12,16H,7-9H2,1H3/t12-/m1/s1. The number of carbonyl (C=O) groups excluding carboxylic acids is 2. The Hall–Kier alpha value is -1.68. The van der Waals surface area contributed by atoms with Crippen molar-refractivity contribution in [2.45, 2.75) is 25.8 Å². The fourth-order valence-corrected chi connectivity index (χ4v) is 2.36. The number of hydrogen-bond donors (Lipinski definition) is 1. The molecular formula is C14H17NO3. The third kappa shape index (κ3) is 2.43. The Balaban J connectivity index is 2.27. The molecule has 1 saturated heterocycles. The molecule has 1 atom stereocenters. The molecule has 4 heteroatoms. The van der Waals surface area contributed by atoms with Crippen molar-refractivity contribution < 1.29 is 14.7 Å². The number of likely N-dealkylation sites (tertiary alicyclic amines) is 1. The Bertz CT molecular complexity index is 426. The van der Waals surface area contributed by atoms with Crippen molar-refractivity contribution >= 4 is 11.8 Å². The zero-order chi connectivity index (χ0) is 13.1. The van der Waals surface area contributed by atoms with Crippen LogP contribution in [0.25, 0.3) is 0 Å². The summed E-state index contributed by atoms with van der Waals surface area (Å²) in [4.78, 5) is 25.2. The number of benzene rings is 1. The van der Waals surface area contributed by atoms with Crippen molar-refractivity contribution in [1.29, 1.82) is 0 Å². The van der Waals surface area contributed by atoms with Crippen LogP contribution in [0.15, 0.2) is 30.3 Å². The van der Waals surface area contributed by atoms with Gasteiger partial charge in [0, 0.05) is 12.8 Å². The number of imide groups is 1. The molecule has 1 heterocycles. The molecule has 1 N–H and O–H groups in total. The summed E-state index contributed by atoms with van der Waals surface area (Å²) < 4.78 is 0. The van der Waals surface area contributed by atoms with Crippen LogP contribution < -0.4 is 0 Å². The van der Waals surface area contributed by atoms with Gasteiger partial charge in [0.05, 0.1) is 12.6 Å². The minimum absolute atomic E-state index is 0.0939. The van der Waals surface area contributed by atoms with Gasteiger partial charge in [-0.15, -0.1) is 0 Å². The molecular weight excluding hydrogens is 230 g/mol. The van der Waals surface area contributed by atoms with E-state index in [0.29, 0.717) is 12.8 Å². The molecule has 1 aliphatic heterocycles. The summed E-state index contributed by atoms with van der Waals surface area (Å²) >= 11 is 0. The third-order valence-corrected chi connectivity index (χ3v) is 3.25. The predicted molar refractivity (Wildman–Crippen MR) is 66.5 cm³/mol. The van der Waals surface area contributed by atoms with Crippen LogP contribution in [-0.2, 0) is 9.59 Å². The second kappa shape index (κ2) is 5.31. The molecule has 96 valence electrons. The summed E-state index contributed by atoms with van der Waals surface area (Å²) in [5, 5.41) is 9.49. The van der Waals surface area contributed by atoms with Gasteiger partial charge in [0.1, 0.15) is 0 Å². The van der Waals surface area contributed by atoms with E-state index in [0.717, 1.165) is 5.56 Å². The average molecular weight is 247 g/mol. The molecule has 0 radical (unpaired) electrons. The van der Waals surface area contributed by atoms with Crippen LogP contribution >= 0.6 is 0 Å². The SMILES string of the molecule is CC1CC(=O)N([C@H](CO)c2ccccc2)C(=O)C1. The van der Waals surface area contributed by atoms with Gasteiger partial charge in [0.2, 0.25) is 11.8 Å². The number of piperidine rings is 1. The zero-order valence-electron chi connectivity index (χ0n) is 10.4. The molecule has 0 unspecified atom stereocenters. The molecule has 1 aromatic rings. The highest BCUT2D eigenvalue weighted by molar-refractivity contribution is 5.98. The Morgan fingerprint density at radius 1 is 1.22 bits per heavy atom. The second-order valence-corrected chi connectivity index (χ2v) is 4.78. The molecule has 0 bridgehead atoms. The van der Waals surface area contributed by atoms with Gasteiger partial charge in [-0.2, -0.15) is 0 Å². The van der Waals surface area contributed by atoms with Crippen LogP contribution in [-0.4, -0.2) is 28.4 Å². The molecule has 0 aliphatic carbocycles. The van der Waals surface area contributed by atoms with E-state index in [2.05, 4.69) is 0 Å². The fraction of sp³-hybridized carbons (Fsp3) is 0.429. The lowest BCUT2D eigenvalue weighted by Crippen LogP contribution is -2.46. The number of rotatable bonds is 3. The van der Waals surface area contributed by atoms with E-state index in [1.165, 1.54) is 4.90 Å². The number of aliphatic hydroxyl groups is 1. The number of hydrogen-bond acceptors (Lipinski definition) is 3. The Labute approximate surface area is 106 Å². The van der Waals surface area contributed by atoms with Crippen molar-refractivity contribution in [2.24, 2.45) is 5.92 Å². The molecule has 18 heavy (non-hydrogen) atoms. The lowest BCUT2D eigenvalue weighted by Gasteiger charge is -2.34. The van der Waals surface area contributed by atoms with Crippen LogP contribution in [0.4, 0.5) is 0 Å². The molecule has 4 nitrogen and oxygen atoms in total. The van der Waals surface area contributed by atoms with Gasteiger partial charge in [-0.3, -0.25) is 14.5 Å². The minimum Gasteiger partial charge on any atom is -0.394 e. The van der Waals surface area contributed by atoms with Gasteiger partial charge in [-0.05, 0) is 11.5 Å². The van der Waals surface area contributed by atoms with E-state index in [9.17, 15) is 14.7 Å². The number of carbonyl (C=O) groups is 2. The predicted octanol–water partition coefficient (Wildman–Crippen LogP) is 1.51. The molecule has 2 amide bonds. The van der Waals surface area contributed by atoms with Crippen LogP contribution in [0.5, 0.6) is 0 Å². The summed E-state index contributed by atoms with van der Waals surface area (Å²) in [6.07, 6.45) is 0.740. The normalized spacial score (nSPS) is 19.1. The molecule has 2 rings (SSSR count). The van der Waals surface area contributed by atoms with Crippen LogP contribution in [0.1, 0.15) is 31.4 Å².